The van der Waals surface area contributed by atoms with Gasteiger partial charge in [0, 0.05) is 38.1 Å². The molecule has 0 atom stereocenters. The summed E-state index contributed by atoms with van der Waals surface area (Å²) in [6.07, 6.45) is 8.99. The number of pyridine rings is 1. The highest BCUT2D eigenvalue weighted by Gasteiger charge is 2.22. The molecule has 3 aromatic rings. The van der Waals surface area contributed by atoms with E-state index in [1.807, 2.05) is 29.2 Å². The standard InChI is InChI=1S/C26H36N6O3/c33-25-29-22-23(20-9-4-5-10-21(20)28-24(22)30-25)35-18-6-12-27-26(34)32-16-14-31(15-17-32)13-11-19-7-2-1-3-8-19/h4-5,9-10,19H,1-3,6-8,11-18H2,(H,27,34)(H2,28,29,30,33). The minimum absolute atomic E-state index is 0.00338. The van der Waals surface area contributed by atoms with Gasteiger partial charge in [0.15, 0.2) is 11.4 Å². The number of aromatic amines is 2. The van der Waals surface area contributed by atoms with Crippen molar-refractivity contribution in [3.63, 3.8) is 0 Å². The Kier molecular flexibility index (Phi) is 7.51. The molecular weight excluding hydrogens is 444 g/mol. The second-order valence-corrected chi connectivity index (χ2v) is 9.82. The summed E-state index contributed by atoms with van der Waals surface area (Å²) in [5.74, 6) is 1.52. The summed E-state index contributed by atoms with van der Waals surface area (Å²) in [7, 11) is 0. The van der Waals surface area contributed by atoms with E-state index < -0.39 is 0 Å². The molecule has 35 heavy (non-hydrogen) atoms. The molecule has 9 heteroatoms. The minimum atomic E-state index is -0.311. The third-order valence-electron chi connectivity index (χ3n) is 7.40. The number of H-pyrrole nitrogens is 2. The summed E-state index contributed by atoms with van der Waals surface area (Å²) in [6.45, 7) is 5.62. The maximum Gasteiger partial charge on any atom is 0.325 e. The first kappa shape index (κ1) is 23.7. The maximum atomic E-state index is 12.6. The van der Waals surface area contributed by atoms with Gasteiger partial charge in [-0.25, -0.2) is 14.6 Å². The fourth-order valence-corrected chi connectivity index (χ4v) is 5.36. The van der Waals surface area contributed by atoms with Crippen molar-refractivity contribution < 1.29 is 9.53 Å². The van der Waals surface area contributed by atoms with Crippen molar-refractivity contribution in [2.75, 3.05) is 45.9 Å². The Hall–Kier alpha value is -3.07. The van der Waals surface area contributed by atoms with E-state index in [2.05, 4.69) is 25.2 Å². The van der Waals surface area contributed by atoms with Gasteiger partial charge in [-0.05, 0) is 37.4 Å². The number of carbonyl (C=O) groups excluding carboxylic acids is 1. The number of benzene rings is 1. The van der Waals surface area contributed by atoms with Crippen LogP contribution in [0.2, 0.25) is 0 Å². The number of urea groups is 1. The number of hydrogen-bond donors (Lipinski definition) is 3. The number of hydrogen-bond acceptors (Lipinski definition) is 5. The lowest BCUT2D eigenvalue weighted by molar-refractivity contribution is 0.132. The molecule has 2 fully saturated rings. The molecule has 1 aromatic carbocycles. The summed E-state index contributed by atoms with van der Waals surface area (Å²) in [5, 5.41) is 3.88. The number of ether oxygens (including phenoxy) is 1. The molecule has 5 rings (SSSR count). The highest BCUT2D eigenvalue weighted by molar-refractivity contribution is 5.97. The van der Waals surface area contributed by atoms with Gasteiger partial charge in [-0.3, -0.25) is 9.88 Å². The van der Waals surface area contributed by atoms with Crippen LogP contribution in [0.25, 0.3) is 22.1 Å². The van der Waals surface area contributed by atoms with Crippen LogP contribution in [0.3, 0.4) is 0 Å². The number of rotatable bonds is 8. The molecule has 2 aliphatic rings. The average molecular weight is 481 g/mol. The van der Waals surface area contributed by atoms with Gasteiger partial charge in [-0.2, -0.15) is 0 Å². The van der Waals surface area contributed by atoms with Crippen molar-refractivity contribution in [1.29, 1.82) is 0 Å². The summed E-state index contributed by atoms with van der Waals surface area (Å²) in [6, 6.07) is 7.65. The predicted octanol–water partition coefficient (Wildman–Crippen LogP) is 3.47. The summed E-state index contributed by atoms with van der Waals surface area (Å²) >= 11 is 0. The first-order chi connectivity index (χ1) is 17.2. The van der Waals surface area contributed by atoms with Crippen LogP contribution in [0.5, 0.6) is 5.75 Å². The van der Waals surface area contributed by atoms with Crippen molar-refractivity contribution in [2.24, 2.45) is 5.92 Å². The summed E-state index contributed by atoms with van der Waals surface area (Å²) < 4.78 is 6.06. The van der Waals surface area contributed by atoms with Crippen LogP contribution in [0.15, 0.2) is 29.1 Å². The molecule has 1 saturated heterocycles. The Morgan fingerprint density at radius 3 is 2.71 bits per heavy atom. The van der Waals surface area contributed by atoms with Crippen LogP contribution in [0.4, 0.5) is 4.79 Å². The fourth-order valence-electron chi connectivity index (χ4n) is 5.36. The Morgan fingerprint density at radius 2 is 1.89 bits per heavy atom. The molecule has 0 unspecified atom stereocenters. The lowest BCUT2D eigenvalue weighted by Gasteiger charge is -2.35. The molecule has 2 aromatic heterocycles. The monoisotopic (exact) mass is 480 g/mol. The van der Waals surface area contributed by atoms with E-state index in [1.54, 1.807) is 0 Å². The quantitative estimate of drug-likeness (QED) is 0.428. The van der Waals surface area contributed by atoms with Gasteiger partial charge < -0.3 is 19.9 Å². The number of carbonyl (C=O) groups is 1. The van der Waals surface area contributed by atoms with E-state index in [0.717, 1.165) is 43.0 Å². The number of nitrogens with zero attached hydrogens (tertiary/aromatic N) is 3. The number of aromatic nitrogens is 3. The highest BCUT2D eigenvalue weighted by Crippen LogP contribution is 2.30. The number of fused-ring (bicyclic) bond motifs is 2. The smallest absolute Gasteiger partial charge is 0.325 e. The topological polar surface area (TPSA) is 106 Å². The summed E-state index contributed by atoms with van der Waals surface area (Å²) in [4.78, 5) is 38.8. The molecule has 1 saturated carbocycles. The molecule has 1 aliphatic carbocycles. The van der Waals surface area contributed by atoms with Crippen molar-refractivity contribution in [3.05, 3.63) is 34.7 Å². The van der Waals surface area contributed by atoms with Gasteiger partial charge in [0.1, 0.15) is 5.52 Å². The van der Waals surface area contributed by atoms with Crippen molar-refractivity contribution in [3.8, 4) is 5.75 Å². The molecule has 3 heterocycles. The van der Waals surface area contributed by atoms with Crippen LogP contribution in [-0.2, 0) is 0 Å². The first-order valence-electron chi connectivity index (χ1n) is 13.1. The SMILES string of the molecule is O=C(NCCCOc1c2ccccc2nc2[nH]c(=O)[nH]c12)N1CCN(CCC2CCCCC2)CC1. The van der Waals surface area contributed by atoms with E-state index in [4.69, 9.17) is 4.74 Å². The molecule has 0 radical (unpaired) electrons. The zero-order chi connectivity index (χ0) is 24.0. The number of amides is 2. The Labute approximate surface area is 205 Å². The Bertz CT molecular complexity index is 1190. The Morgan fingerprint density at radius 1 is 1.09 bits per heavy atom. The van der Waals surface area contributed by atoms with Crippen LogP contribution in [0, 0.1) is 5.92 Å². The van der Waals surface area contributed by atoms with E-state index in [9.17, 15) is 9.59 Å². The van der Waals surface area contributed by atoms with Crippen molar-refractivity contribution in [1.82, 2.24) is 30.1 Å². The molecule has 2 amide bonds. The third kappa shape index (κ3) is 5.78. The van der Waals surface area contributed by atoms with Gasteiger partial charge in [-0.1, -0.05) is 44.2 Å². The molecular formula is C26H36N6O3. The van der Waals surface area contributed by atoms with E-state index >= 15 is 0 Å². The van der Waals surface area contributed by atoms with Crippen LogP contribution < -0.4 is 15.7 Å². The zero-order valence-corrected chi connectivity index (χ0v) is 20.4. The molecule has 9 nitrogen and oxygen atoms in total. The average Bonchev–Trinajstić information content (AvgIpc) is 3.27. The second-order valence-electron chi connectivity index (χ2n) is 9.82. The van der Waals surface area contributed by atoms with E-state index in [-0.39, 0.29) is 11.7 Å². The highest BCUT2D eigenvalue weighted by atomic mass is 16.5. The molecule has 3 N–H and O–H groups in total. The van der Waals surface area contributed by atoms with Crippen LogP contribution in [-0.4, -0.2) is 76.7 Å². The van der Waals surface area contributed by atoms with Gasteiger partial charge in [0.05, 0.1) is 12.1 Å². The number of imidazole rings is 1. The fraction of sp³-hybridized carbons (Fsp3) is 0.577. The molecule has 1 aliphatic heterocycles. The second kappa shape index (κ2) is 11.1. The van der Waals surface area contributed by atoms with Gasteiger partial charge in [0.25, 0.3) is 0 Å². The van der Waals surface area contributed by atoms with Gasteiger partial charge in [-0.15, -0.1) is 0 Å². The molecule has 188 valence electrons. The normalized spacial score (nSPS) is 17.8. The first-order valence-corrected chi connectivity index (χ1v) is 13.1. The zero-order valence-electron chi connectivity index (χ0n) is 20.4. The van der Waals surface area contributed by atoms with E-state index in [1.165, 1.54) is 45.1 Å². The van der Waals surface area contributed by atoms with Crippen LogP contribution in [0.1, 0.15) is 44.9 Å². The van der Waals surface area contributed by atoms with Gasteiger partial charge in [0.2, 0.25) is 0 Å². The summed E-state index contributed by atoms with van der Waals surface area (Å²) in [5.41, 5.74) is 1.50. The number of para-hydroxylation sites is 1. The van der Waals surface area contributed by atoms with E-state index in [0.29, 0.717) is 36.5 Å². The molecule has 0 spiro atoms. The van der Waals surface area contributed by atoms with Crippen molar-refractivity contribution >= 4 is 28.1 Å². The van der Waals surface area contributed by atoms with Crippen LogP contribution >= 0.6 is 0 Å². The van der Waals surface area contributed by atoms with Gasteiger partial charge >= 0.3 is 11.7 Å². The molecule has 0 bridgehead atoms. The lowest BCUT2D eigenvalue weighted by Crippen LogP contribution is -2.52. The maximum absolute atomic E-state index is 12.6. The Balaban J connectivity index is 1.04. The predicted molar refractivity (Wildman–Crippen MR) is 137 cm³/mol. The minimum Gasteiger partial charge on any atom is -0.490 e. The lowest BCUT2D eigenvalue weighted by atomic mass is 9.87. The third-order valence-corrected chi connectivity index (χ3v) is 7.40. The van der Waals surface area contributed by atoms with Crippen molar-refractivity contribution in [2.45, 2.75) is 44.9 Å². The number of piperazine rings is 1. The largest absolute Gasteiger partial charge is 0.490 e. The number of nitrogens with one attached hydrogen (secondary N) is 3.